The Morgan fingerprint density at radius 2 is 1.86 bits per heavy atom. The molecule has 0 fully saturated rings. The van der Waals surface area contributed by atoms with Crippen molar-refractivity contribution in [1.29, 1.82) is 0 Å². The summed E-state index contributed by atoms with van der Waals surface area (Å²) < 4.78 is 1.49. The minimum absolute atomic E-state index is 0.130. The summed E-state index contributed by atoms with van der Waals surface area (Å²) in [6.07, 6.45) is 0. The maximum atomic E-state index is 12.3. The summed E-state index contributed by atoms with van der Waals surface area (Å²) in [6.45, 7) is 0.341. The van der Waals surface area contributed by atoms with Crippen molar-refractivity contribution in [2.24, 2.45) is 0 Å². The number of fused-ring (bicyclic) bond motifs is 1. The predicted octanol–water partition coefficient (Wildman–Crippen LogP) is 3.15. The highest BCUT2D eigenvalue weighted by molar-refractivity contribution is 7.99. The van der Waals surface area contributed by atoms with Crippen LogP contribution in [-0.4, -0.2) is 31.2 Å². The minimum atomic E-state index is -0.283. The number of thioether (sulfide) groups is 1. The molecule has 0 bridgehead atoms. The summed E-state index contributed by atoms with van der Waals surface area (Å²) in [4.78, 5) is 33.0. The SMILES string of the molecule is O=C(CSc1nc(-c2ccccc2)nc2cc(=O)[nH]n12)NCc1ccccc1Cl. The van der Waals surface area contributed by atoms with Gasteiger partial charge in [0.1, 0.15) is 0 Å². The van der Waals surface area contributed by atoms with Gasteiger partial charge >= 0.3 is 0 Å². The number of aromatic nitrogens is 4. The van der Waals surface area contributed by atoms with Gasteiger partial charge in [-0.1, -0.05) is 71.9 Å². The van der Waals surface area contributed by atoms with Gasteiger partial charge in [0.15, 0.2) is 16.6 Å². The molecule has 0 unspecified atom stereocenters. The first-order chi connectivity index (χ1) is 14.1. The van der Waals surface area contributed by atoms with Crippen molar-refractivity contribution in [3.05, 3.63) is 81.6 Å². The van der Waals surface area contributed by atoms with E-state index in [9.17, 15) is 9.59 Å². The number of hydrogen-bond donors (Lipinski definition) is 2. The highest BCUT2D eigenvalue weighted by atomic mass is 35.5. The number of halogens is 1. The van der Waals surface area contributed by atoms with Crippen LogP contribution in [0.3, 0.4) is 0 Å². The standard InChI is InChI=1S/C20H16ClN5O2S/c21-15-9-5-4-8-14(15)11-22-18(28)12-29-20-24-19(13-6-2-1-3-7-13)23-16-10-17(27)25-26(16)20/h1-10H,11-12H2,(H,22,28)(H,25,27). The predicted molar refractivity (Wildman–Crippen MR) is 113 cm³/mol. The van der Waals surface area contributed by atoms with Crippen molar-refractivity contribution < 1.29 is 4.79 Å². The lowest BCUT2D eigenvalue weighted by Gasteiger charge is -2.09. The van der Waals surface area contributed by atoms with E-state index in [0.717, 1.165) is 11.1 Å². The number of nitrogens with zero attached hydrogens (tertiary/aromatic N) is 3. The van der Waals surface area contributed by atoms with Crippen molar-refractivity contribution in [3.8, 4) is 11.4 Å². The second-order valence-corrected chi connectivity index (χ2v) is 7.52. The molecular formula is C20H16ClN5O2S. The lowest BCUT2D eigenvalue weighted by Crippen LogP contribution is -2.25. The Labute approximate surface area is 175 Å². The van der Waals surface area contributed by atoms with E-state index in [1.165, 1.54) is 22.3 Å². The molecule has 0 saturated carbocycles. The minimum Gasteiger partial charge on any atom is -0.351 e. The number of benzene rings is 2. The molecule has 0 atom stereocenters. The van der Waals surface area contributed by atoms with Crippen LogP contribution in [0.2, 0.25) is 5.02 Å². The first-order valence-electron chi connectivity index (χ1n) is 8.78. The molecule has 2 heterocycles. The monoisotopic (exact) mass is 425 g/mol. The van der Waals surface area contributed by atoms with E-state index in [1.807, 2.05) is 48.5 Å². The second-order valence-electron chi connectivity index (χ2n) is 6.17. The highest BCUT2D eigenvalue weighted by Gasteiger charge is 2.13. The van der Waals surface area contributed by atoms with Gasteiger partial charge in [-0.05, 0) is 11.6 Å². The number of rotatable bonds is 6. The number of hydrogen-bond acceptors (Lipinski definition) is 5. The first kappa shape index (κ1) is 19.2. The maximum Gasteiger partial charge on any atom is 0.266 e. The number of H-pyrrole nitrogens is 1. The van der Waals surface area contributed by atoms with Crippen LogP contribution < -0.4 is 10.9 Å². The fourth-order valence-corrected chi connectivity index (χ4v) is 3.70. The van der Waals surface area contributed by atoms with Gasteiger partial charge in [0.25, 0.3) is 5.56 Å². The Bertz CT molecular complexity index is 1220. The van der Waals surface area contributed by atoms with Crippen LogP contribution in [0.5, 0.6) is 0 Å². The molecule has 146 valence electrons. The summed E-state index contributed by atoms with van der Waals surface area (Å²) in [5.74, 6) is 0.450. The van der Waals surface area contributed by atoms with Gasteiger partial charge in [-0.2, -0.15) is 0 Å². The topological polar surface area (TPSA) is 92.2 Å². The molecule has 0 aliphatic heterocycles. The van der Waals surface area contributed by atoms with Gasteiger partial charge < -0.3 is 5.32 Å². The summed E-state index contributed by atoms with van der Waals surface area (Å²) in [5, 5.41) is 6.58. The largest absolute Gasteiger partial charge is 0.351 e. The molecular weight excluding hydrogens is 410 g/mol. The Morgan fingerprint density at radius 1 is 1.10 bits per heavy atom. The molecule has 29 heavy (non-hydrogen) atoms. The number of carbonyl (C=O) groups excluding carboxylic acids is 1. The van der Waals surface area contributed by atoms with Crippen LogP contribution in [0.1, 0.15) is 5.56 Å². The van der Waals surface area contributed by atoms with E-state index >= 15 is 0 Å². The fourth-order valence-electron chi connectivity index (χ4n) is 2.71. The fraction of sp³-hybridized carbons (Fsp3) is 0.100. The third-order valence-electron chi connectivity index (χ3n) is 4.12. The summed E-state index contributed by atoms with van der Waals surface area (Å²) in [7, 11) is 0. The van der Waals surface area contributed by atoms with E-state index in [2.05, 4.69) is 20.4 Å². The van der Waals surface area contributed by atoms with Crippen LogP contribution in [0, 0.1) is 0 Å². The Balaban J connectivity index is 1.52. The van der Waals surface area contributed by atoms with E-state index in [4.69, 9.17) is 11.6 Å². The van der Waals surface area contributed by atoms with Gasteiger partial charge in [0.2, 0.25) is 5.91 Å². The third kappa shape index (κ3) is 4.49. The molecule has 0 radical (unpaired) electrons. The van der Waals surface area contributed by atoms with E-state index < -0.39 is 0 Å². The zero-order valence-electron chi connectivity index (χ0n) is 15.1. The summed E-state index contributed by atoms with van der Waals surface area (Å²) in [6, 6.07) is 18.2. The third-order valence-corrected chi connectivity index (χ3v) is 5.43. The molecule has 0 spiro atoms. The molecule has 9 heteroatoms. The normalized spacial score (nSPS) is 10.9. The molecule has 2 N–H and O–H groups in total. The van der Waals surface area contributed by atoms with Gasteiger partial charge in [-0.25, -0.2) is 14.5 Å². The van der Waals surface area contributed by atoms with Gasteiger partial charge in [0.05, 0.1) is 5.75 Å². The molecule has 0 aliphatic rings. The van der Waals surface area contributed by atoms with Crippen molar-refractivity contribution >= 4 is 34.9 Å². The highest BCUT2D eigenvalue weighted by Crippen LogP contribution is 2.21. The van der Waals surface area contributed by atoms with Gasteiger partial charge in [-0.3, -0.25) is 14.7 Å². The van der Waals surface area contributed by atoms with E-state index in [1.54, 1.807) is 6.07 Å². The number of nitrogens with one attached hydrogen (secondary N) is 2. The van der Waals surface area contributed by atoms with Crippen molar-refractivity contribution in [1.82, 2.24) is 24.9 Å². The maximum absolute atomic E-state index is 12.3. The van der Waals surface area contributed by atoms with Crippen molar-refractivity contribution in [2.75, 3.05) is 5.75 Å². The Morgan fingerprint density at radius 3 is 2.66 bits per heavy atom. The molecule has 2 aromatic heterocycles. The number of amides is 1. The molecule has 4 rings (SSSR count). The zero-order valence-corrected chi connectivity index (χ0v) is 16.7. The van der Waals surface area contributed by atoms with Crippen LogP contribution in [-0.2, 0) is 11.3 Å². The average Bonchev–Trinajstić information content (AvgIpc) is 3.12. The van der Waals surface area contributed by atoms with Crippen LogP contribution in [0.25, 0.3) is 17.0 Å². The average molecular weight is 426 g/mol. The molecule has 4 aromatic rings. The first-order valence-corrected chi connectivity index (χ1v) is 10.1. The van der Waals surface area contributed by atoms with Crippen molar-refractivity contribution in [2.45, 2.75) is 11.7 Å². The molecule has 7 nitrogen and oxygen atoms in total. The lowest BCUT2D eigenvalue weighted by atomic mass is 10.2. The summed E-state index contributed by atoms with van der Waals surface area (Å²) >= 11 is 7.33. The van der Waals surface area contributed by atoms with Gasteiger partial charge in [-0.15, -0.1) is 0 Å². The quantitative estimate of drug-likeness (QED) is 0.463. The Kier molecular flexibility index (Phi) is 5.64. The smallest absolute Gasteiger partial charge is 0.266 e. The van der Waals surface area contributed by atoms with Crippen LogP contribution >= 0.6 is 23.4 Å². The van der Waals surface area contributed by atoms with E-state index in [0.29, 0.717) is 28.2 Å². The zero-order chi connectivity index (χ0) is 20.2. The second kappa shape index (κ2) is 8.50. The number of aromatic amines is 1. The van der Waals surface area contributed by atoms with Crippen LogP contribution in [0.4, 0.5) is 0 Å². The Hall–Kier alpha value is -3.10. The van der Waals surface area contributed by atoms with E-state index in [-0.39, 0.29) is 17.2 Å². The molecule has 0 saturated heterocycles. The molecule has 0 aliphatic carbocycles. The molecule has 2 aromatic carbocycles. The number of carbonyl (C=O) groups is 1. The lowest BCUT2D eigenvalue weighted by molar-refractivity contribution is -0.118. The van der Waals surface area contributed by atoms with Gasteiger partial charge in [0, 0.05) is 23.2 Å². The van der Waals surface area contributed by atoms with Crippen molar-refractivity contribution in [3.63, 3.8) is 0 Å². The molecule has 1 amide bonds. The summed E-state index contributed by atoms with van der Waals surface area (Å²) in [5.41, 5.74) is 1.84. The van der Waals surface area contributed by atoms with Crippen LogP contribution in [0.15, 0.2) is 70.6 Å².